The molecule has 0 aliphatic carbocycles. The second-order valence-corrected chi connectivity index (χ2v) is 3.58. The first-order chi connectivity index (χ1) is 9.09. The van der Waals surface area contributed by atoms with Gasteiger partial charge in [0.15, 0.2) is 23.1 Å². The summed E-state index contributed by atoms with van der Waals surface area (Å²) >= 11 is 0. The SMILES string of the molecule is Nc1nccnc1C(=O)OCc1cccc(F)c1F. The second kappa shape index (κ2) is 5.38. The molecular weight excluding hydrogens is 256 g/mol. The Balaban J connectivity index is 2.09. The van der Waals surface area contributed by atoms with E-state index in [1.54, 1.807) is 0 Å². The lowest BCUT2D eigenvalue weighted by molar-refractivity contribution is 0.0462. The van der Waals surface area contributed by atoms with Crippen molar-refractivity contribution in [3.05, 3.63) is 53.5 Å². The summed E-state index contributed by atoms with van der Waals surface area (Å²) in [4.78, 5) is 19.0. The molecule has 0 aliphatic heterocycles. The Morgan fingerprint density at radius 1 is 1.26 bits per heavy atom. The molecule has 0 amide bonds. The number of esters is 1. The minimum absolute atomic E-state index is 0.0733. The number of rotatable bonds is 3. The van der Waals surface area contributed by atoms with Crippen LogP contribution in [0.15, 0.2) is 30.6 Å². The summed E-state index contributed by atoms with van der Waals surface area (Å²) in [5, 5.41) is 0. The van der Waals surface area contributed by atoms with Gasteiger partial charge in [-0.25, -0.2) is 23.5 Å². The molecule has 2 rings (SSSR count). The molecule has 19 heavy (non-hydrogen) atoms. The van der Waals surface area contributed by atoms with E-state index in [9.17, 15) is 13.6 Å². The smallest absolute Gasteiger partial charge is 0.361 e. The summed E-state index contributed by atoms with van der Waals surface area (Å²) in [6.45, 7) is -0.418. The molecule has 0 bridgehead atoms. The van der Waals surface area contributed by atoms with Gasteiger partial charge in [0.2, 0.25) is 0 Å². The molecule has 7 heteroatoms. The molecule has 2 aromatic rings. The Labute approximate surface area is 107 Å². The molecule has 0 unspecified atom stereocenters. The zero-order valence-electron chi connectivity index (χ0n) is 9.64. The van der Waals surface area contributed by atoms with Crippen molar-refractivity contribution < 1.29 is 18.3 Å². The van der Waals surface area contributed by atoms with Gasteiger partial charge in [-0.05, 0) is 6.07 Å². The molecule has 5 nitrogen and oxygen atoms in total. The van der Waals surface area contributed by atoms with Crippen molar-refractivity contribution in [3.8, 4) is 0 Å². The Morgan fingerprint density at radius 3 is 2.74 bits per heavy atom. The van der Waals surface area contributed by atoms with Gasteiger partial charge in [-0.3, -0.25) is 0 Å². The van der Waals surface area contributed by atoms with Crippen LogP contribution < -0.4 is 5.73 Å². The topological polar surface area (TPSA) is 78.1 Å². The van der Waals surface area contributed by atoms with Crippen LogP contribution in [0.4, 0.5) is 14.6 Å². The predicted molar refractivity (Wildman–Crippen MR) is 61.9 cm³/mol. The van der Waals surface area contributed by atoms with E-state index < -0.39 is 24.2 Å². The van der Waals surface area contributed by atoms with E-state index in [0.29, 0.717) is 0 Å². The molecular formula is C12H9F2N3O2. The third-order valence-electron chi connectivity index (χ3n) is 2.31. The van der Waals surface area contributed by atoms with E-state index in [2.05, 4.69) is 9.97 Å². The maximum absolute atomic E-state index is 13.3. The molecule has 0 aliphatic rings. The minimum Gasteiger partial charge on any atom is -0.456 e. The molecule has 98 valence electrons. The minimum atomic E-state index is -1.05. The number of nitrogens with two attached hydrogens (primary N) is 1. The van der Waals surface area contributed by atoms with Gasteiger partial charge in [-0.1, -0.05) is 12.1 Å². The van der Waals surface area contributed by atoms with Crippen molar-refractivity contribution in [2.45, 2.75) is 6.61 Å². The summed E-state index contributed by atoms with van der Waals surface area (Å²) < 4.78 is 31.1. The number of nitrogens with zero attached hydrogens (tertiary/aromatic N) is 2. The summed E-state index contributed by atoms with van der Waals surface area (Å²) in [5.74, 6) is -3.00. The number of hydrogen-bond donors (Lipinski definition) is 1. The Kier molecular flexibility index (Phi) is 3.65. The number of halogens is 2. The molecule has 0 spiro atoms. The largest absolute Gasteiger partial charge is 0.456 e. The fourth-order valence-corrected chi connectivity index (χ4v) is 1.38. The number of ether oxygens (including phenoxy) is 1. The molecule has 0 fully saturated rings. The first-order valence-corrected chi connectivity index (χ1v) is 5.26. The van der Waals surface area contributed by atoms with Crippen LogP contribution in [0.5, 0.6) is 0 Å². The van der Waals surface area contributed by atoms with Gasteiger partial charge < -0.3 is 10.5 Å². The van der Waals surface area contributed by atoms with E-state index in [0.717, 1.165) is 6.07 Å². The van der Waals surface area contributed by atoms with Crippen molar-refractivity contribution in [2.24, 2.45) is 0 Å². The summed E-state index contributed by atoms with van der Waals surface area (Å²) in [6.07, 6.45) is 2.59. The lowest BCUT2D eigenvalue weighted by Crippen LogP contribution is -2.12. The fraction of sp³-hybridized carbons (Fsp3) is 0.0833. The van der Waals surface area contributed by atoms with Gasteiger partial charge in [-0.2, -0.15) is 0 Å². The van der Waals surface area contributed by atoms with Crippen LogP contribution in [0.2, 0.25) is 0 Å². The number of anilines is 1. The van der Waals surface area contributed by atoms with Crippen LogP contribution in [0, 0.1) is 11.6 Å². The zero-order chi connectivity index (χ0) is 13.8. The monoisotopic (exact) mass is 265 g/mol. The highest BCUT2D eigenvalue weighted by molar-refractivity contribution is 5.91. The van der Waals surface area contributed by atoms with E-state index in [-0.39, 0.29) is 17.1 Å². The number of hydrogen-bond acceptors (Lipinski definition) is 5. The predicted octanol–water partition coefficient (Wildman–Crippen LogP) is 1.69. The second-order valence-electron chi connectivity index (χ2n) is 3.58. The third-order valence-corrected chi connectivity index (χ3v) is 2.31. The molecule has 0 saturated carbocycles. The first kappa shape index (κ1) is 12.9. The summed E-state index contributed by atoms with van der Waals surface area (Å²) in [5.41, 5.74) is 5.20. The highest BCUT2D eigenvalue weighted by Crippen LogP contribution is 2.13. The molecule has 1 aromatic carbocycles. The number of carbonyl (C=O) groups excluding carboxylic acids is 1. The lowest BCUT2D eigenvalue weighted by Gasteiger charge is -2.06. The van der Waals surface area contributed by atoms with E-state index in [1.165, 1.54) is 24.5 Å². The van der Waals surface area contributed by atoms with Gasteiger partial charge in [0.1, 0.15) is 6.61 Å². The maximum atomic E-state index is 13.3. The van der Waals surface area contributed by atoms with Crippen LogP contribution in [0.25, 0.3) is 0 Å². The van der Waals surface area contributed by atoms with Gasteiger partial charge in [-0.15, -0.1) is 0 Å². The van der Waals surface area contributed by atoms with Crippen LogP contribution in [-0.2, 0) is 11.3 Å². The third kappa shape index (κ3) is 2.82. The zero-order valence-corrected chi connectivity index (χ0v) is 9.64. The van der Waals surface area contributed by atoms with Crippen LogP contribution in [-0.4, -0.2) is 15.9 Å². The molecule has 0 saturated heterocycles. The van der Waals surface area contributed by atoms with E-state index >= 15 is 0 Å². The number of carbonyl (C=O) groups is 1. The van der Waals surface area contributed by atoms with Gasteiger partial charge in [0.05, 0.1) is 0 Å². The van der Waals surface area contributed by atoms with Gasteiger partial charge in [0.25, 0.3) is 0 Å². The standard InChI is InChI=1S/C12H9F2N3O2/c13-8-3-1-2-7(9(8)14)6-19-12(18)10-11(15)17-5-4-16-10/h1-5H,6H2,(H2,15,17). The van der Waals surface area contributed by atoms with Crippen molar-refractivity contribution in [1.29, 1.82) is 0 Å². The quantitative estimate of drug-likeness (QED) is 0.854. The summed E-state index contributed by atoms with van der Waals surface area (Å²) in [6, 6.07) is 3.60. The van der Waals surface area contributed by atoms with E-state index in [4.69, 9.17) is 10.5 Å². The molecule has 1 aromatic heterocycles. The average Bonchev–Trinajstić information content (AvgIpc) is 2.40. The normalized spacial score (nSPS) is 10.2. The Bertz CT molecular complexity index is 620. The molecule has 0 atom stereocenters. The molecule has 0 radical (unpaired) electrons. The van der Waals surface area contributed by atoms with Crippen molar-refractivity contribution in [3.63, 3.8) is 0 Å². The number of aromatic nitrogens is 2. The van der Waals surface area contributed by atoms with Crippen LogP contribution >= 0.6 is 0 Å². The van der Waals surface area contributed by atoms with Crippen molar-refractivity contribution in [1.82, 2.24) is 9.97 Å². The average molecular weight is 265 g/mol. The number of nitrogen functional groups attached to an aromatic ring is 1. The summed E-state index contributed by atoms with van der Waals surface area (Å²) in [7, 11) is 0. The first-order valence-electron chi connectivity index (χ1n) is 5.26. The highest BCUT2D eigenvalue weighted by atomic mass is 19.2. The lowest BCUT2D eigenvalue weighted by atomic mass is 10.2. The Morgan fingerprint density at radius 2 is 2.00 bits per heavy atom. The van der Waals surface area contributed by atoms with E-state index in [1.807, 2.05) is 0 Å². The molecule has 2 N–H and O–H groups in total. The van der Waals surface area contributed by atoms with Crippen molar-refractivity contribution >= 4 is 11.8 Å². The van der Waals surface area contributed by atoms with Crippen LogP contribution in [0.1, 0.15) is 16.1 Å². The maximum Gasteiger partial charge on any atom is 0.361 e. The Hall–Kier alpha value is -2.57. The van der Waals surface area contributed by atoms with Crippen LogP contribution in [0.3, 0.4) is 0 Å². The fourth-order valence-electron chi connectivity index (χ4n) is 1.38. The number of benzene rings is 1. The van der Waals surface area contributed by atoms with Crippen molar-refractivity contribution in [2.75, 3.05) is 5.73 Å². The van der Waals surface area contributed by atoms with Gasteiger partial charge in [0, 0.05) is 18.0 Å². The highest BCUT2D eigenvalue weighted by Gasteiger charge is 2.15. The molecule has 1 heterocycles. The van der Waals surface area contributed by atoms with Gasteiger partial charge >= 0.3 is 5.97 Å².